The Kier molecular flexibility index (Phi) is 19.0. The van der Waals surface area contributed by atoms with Crippen molar-refractivity contribution < 1.29 is 24.4 Å². The summed E-state index contributed by atoms with van der Waals surface area (Å²) in [5, 5.41) is 19.5. The third-order valence-corrected chi connectivity index (χ3v) is 8.23. The maximum Gasteiger partial charge on any atom is 0.161 e. The van der Waals surface area contributed by atoms with Crippen LogP contribution in [0.5, 0.6) is 0 Å². The minimum absolute atomic E-state index is 0.241. The van der Waals surface area contributed by atoms with Crippen molar-refractivity contribution in [3.63, 3.8) is 0 Å². The summed E-state index contributed by atoms with van der Waals surface area (Å²) in [5.74, 6) is 2.21. The van der Waals surface area contributed by atoms with Crippen molar-refractivity contribution in [3.8, 4) is 0 Å². The van der Waals surface area contributed by atoms with E-state index in [1.165, 1.54) is 0 Å². The van der Waals surface area contributed by atoms with Gasteiger partial charge in [-0.3, -0.25) is 0 Å². The van der Waals surface area contributed by atoms with E-state index in [0.29, 0.717) is 36.9 Å². The molecule has 2 N–H and O–H groups in total. The Labute approximate surface area is 263 Å². The van der Waals surface area contributed by atoms with Gasteiger partial charge in [-0.25, -0.2) is 0 Å². The molecule has 0 saturated heterocycles. The Morgan fingerprint density at radius 1 is 0.488 bits per heavy atom. The quantitative estimate of drug-likeness (QED) is 0.118. The van der Waals surface area contributed by atoms with Crippen LogP contribution in [0.1, 0.15) is 117 Å². The normalized spacial score (nSPS) is 17.5. The molecule has 0 aromatic heterocycles. The van der Waals surface area contributed by atoms with Crippen molar-refractivity contribution in [1.82, 2.24) is 0 Å². The number of rotatable bonds is 24. The number of hydrogen-bond donors (Lipinski definition) is 2. The lowest BCUT2D eigenvalue weighted by molar-refractivity contribution is -0.257. The summed E-state index contributed by atoms with van der Waals surface area (Å²) in [6.07, 6.45) is 8.69. The van der Waals surface area contributed by atoms with Crippen LogP contribution in [0.15, 0.2) is 60.7 Å². The third kappa shape index (κ3) is 18.6. The fourth-order valence-electron chi connectivity index (χ4n) is 6.31. The molecule has 2 aromatic carbocycles. The molecule has 0 fully saturated rings. The topological polar surface area (TPSA) is 68.2 Å². The Morgan fingerprint density at radius 2 is 0.860 bits per heavy atom. The fourth-order valence-corrected chi connectivity index (χ4v) is 6.31. The summed E-state index contributed by atoms with van der Waals surface area (Å²) in [4.78, 5) is 0. The number of ether oxygens (including phenoxy) is 3. The zero-order valence-corrected chi connectivity index (χ0v) is 28.0. The molecule has 2 rings (SSSR count). The summed E-state index contributed by atoms with van der Waals surface area (Å²) >= 11 is 0. The third-order valence-electron chi connectivity index (χ3n) is 8.23. The maximum atomic E-state index is 9.75. The first-order valence-electron chi connectivity index (χ1n) is 16.9. The Hall–Kier alpha value is -1.76. The molecule has 8 atom stereocenters. The first-order chi connectivity index (χ1) is 20.6. The molecular formula is C38H62O5. The molecule has 244 valence electrons. The van der Waals surface area contributed by atoms with Crippen LogP contribution in [0.3, 0.4) is 0 Å². The van der Waals surface area contributed by atoms with E-state index in [9.17, 15) is 10.2 Å². The van der Waals surface area contributed by atoms with Crippen LogP contribution in [0.2, 0.25) is 0 Å². The first-order valence-corrected chi connectivity index (χ1v) is 16.9. The largest absolute Gasteiger partial charge is 0.393 e. The highest BCUT2D eigenvalue weighted by molar-refractivity contribution is 5.14. The molecule has 0 spiro atoms. The first kappa shape index (κ1) is 37.4. The highest BCUT2D eigenvalue weighted by atomic mass is 16.8. The molecule has 2 aromatic rings. The lowest BCUT2D eigenvalue weighted by Crippen LogP contribution is -2.27. The van der Waals surface area contributed by atoms with Crippen LogP contribution in [0.4, 0.5) is 0 Å². The molecule has 5 heteroatoms. The summed E-state index contributed by atoms with van der Waals surface area (Å²) in [5.41, 5.74) is 2.27. The van der Waals surface area contributed by atoms with E-state index in [4.69, 9.17) is 14.2 Å². The van der Waals surface area contributed by atoms with E-state index in [1.807, 2.05) is 50.2 Å². The molecule has 0 heterocycles. The SMILES string of the molecule is CC(O)CC(C)CC(C)CCCC(OCc1ccccc1)OC(CCCC(C)CC(C)CC(C)O)OCc1ccccc1. The van der Waals surface area contributed by atoms with Crippen molar-refractivity contribution in [3.05, 3.63) is 71.8 Å². The average molecular weight is 599 g/mol. The van der Waals surface area contributed by atoms with Gasteiger partial charge >= 0.3 is 0 Å². The van der Waals surface area contributed by atoms with E-state index in [2.05, 4.69) is 52.0 Å². The predicted octanol–water partition coefficient (Wildman–Crippen LogP) is 9.30. The van der Waals surface area contributed by atoms with E-state index in [1.54, 1.807) is 0 Å². The van der Waals surface area contributed by atoms with Crippen molar-refractivity contribution in [1.29, 1.82) is 0 Å². The molecule has 0 saturated carbocycles. The zero-order chi connectivity index (χ0) is 31.5. The second-order valence-electron chi connectivity index (χ2n) is 13.5. The minimum Gasteiger partial charge on any atom is -0.393 e. The van der Waals surface area contributed by atoms with Crippen molar-refractivity contribution in [2.45, 2.75) is 144 Å². The van der Waals surface area contributed by atoms with Gasteiger partial charge in [0.25, 0.3) is 0 Å². The maximum absolute atomic E-state index is 9.75. The number of hydrogen-bond acceptors (Lipinski definition) is 5. The number of benzene rings is 2. The highest BCUT2D eigenvalue weighted by Gasteiger charge is 2.20. The Morgan fingerprint density at radius 3 is 1.21 bits per heavy atom. The zero-order valence-electron chi connectivity index (χ0n) is 28.0. The van der Waals surface area contributed by atoms with Crippen LogP contribution in [0.25, 0.3) is 0 Å². The molecule has 0 bridgehead atoms. The van der Waals surface area contributed by atoms with Crippen molar-refractivity contribution in [2.24, 2.45) is 23.7 Å². The molecule has 5 nitrogen and oxygen atoms in total. The number of aliphatic hydroxyl groups is 2. The molecule has 0 radical (unpaired) electrons. The highest BCUT2D eigenvalue weighted by Crippen LogP contribution is 2.25. The van der Waals surface area contributed by atoms with E-state index < -0.39 is 0 Å². The van der Waals surface area contributed by atoms with Gasteiger partial charge in [0.1, 0.15) is 0 Å². The molecule has 43 heavy (non-hydrogen) atoms. The average Bonchev–Trinajstić information content (AvgIpc) is 2.94. The van der Waals surface area contributed by atoms with Gasteiger partial charge in [0.15, 0.2) is 12.6 Å². The Balaban J connectivity index is 1.99. The Bertz CT molecular complexity index is 843. The van der Waals surface area contributed by atoms with Gasteiger partial charge in [-0.05, 0) is 100 Å². The van der Waals surface area contributed by atoms with Crippen LogP contribution >= 0.6 is 0 Å². The standard InChI is InChI=1S/C38H62O5/c1-29(23-31(3)25-33(5)39)15-13-21-37(41-27-35-17-9-7-10-18-35)43-38(42-28-36-19-11-8-12-20-36)22-14-16-30(2)24-32(4)26-34(6)40/h7-12,17-20,29-34,37-40H,13-16,21-28H2,1-6H3. The lowest BCUT2D eigenvalue weighted by atomic mass is 9.90. The van der Waals surface area contributed by atoms with Gasteiger partial charge in [0.2, 0.25) is 0 Å². The number of aliphatic hydroxyl groups excluding tert-OH is 2. The predicted molar refractivity (Wildman–Crippen MR) is 177 cm³/mol. The van der Waals surface area contributed by atoms with Gasteiger partial charge in [-0.2, -0.15) is 0 Å². The molecular weight excluding hydrogens is 536 g/mol. The fraction of sp³-hybridized carbons (Fsp3) is 0.684. The van der Waals surface area contributed by atoms with E-state index in [-0.39, 0.29) is 24.8 Å². The van der Waals surface area contributed by atoms with Gasteiger partial charge < -0.3 is 24.4 Å². The van der Waals surface area contributed by atoms with Crippen LogP contribution < -0.4 is 0 Å². The van der Waals surface area contributed by atoms with Gasteiger partial charge in [0.05, 0.1) is 25.4 Å². The van der Waals surface area contributed by atoms with E-state index >= 15 is 0 Å². The van der Waals surface area contributed by atoms with Gasteiger partial charge in [0, 0.05) is 0 Å². The smallest absolute Gasteiger partial charge is 0.161 e. The second-order valence-corrected chi connectivity index (χ2v) is 13.5. The molecule has 0 aliphatic carbocycles. The van der Waals surface area contributed by atoms with Gasteiger partial charge in [-0.1, -0.05) is 101 Å². The van der Waals surface area contributed by atoms with Gasteiger partial charge in [-0.15, -0.1) is 0 Å². The van der Waals surface area contributed by atoms with Crippen LogP contribution in [-0.4, -0.2) is 35.0 Å². The van der Waals surface area contributed by atoms with Crippen molar-refractivity contribution in [2.75, 3.05) is 0 Å². The van der Waals surface area contributed by atoms with Crippen molar-refractivity contribution >= 4 is 0 Å². The molecule has 0 aliphatic heterocycles. The van der Waals surface area contributed by atoms with Crippen LogP contribution in [-0.2, 0) is 27.4 Å². The monoisotopic (exact) mass is 598 g/mol. The summed E-state index contributed by atoms with van der Waals surface area (Å²) in [7, 11) is 0. The lowest BCUT2D eigenvalue weighted by Gasteiger charge is -2.27. The summed E-state index contributed by atoms with van der Waals surface area (Å²) < 4.78 is 19.4. The second kappa shape index (κ2) is 21.9. The minimum atomic E-state index is -0.341. The van der Waals surface area contributed by atoms with Crippen LogP contribution in [0, 0.1) is 23.7 Å². The molecule has 0 aliphatic rings. The summed E-state index contributed by atoms with van der Waals surface area (Å²) in [6, 6.07) is 20.6. The molecule has 0 amide bonds. The van der Waals surface area contributed by atoms with E-state index in [0.717, 1.165) is 75.3 Å². The summed E-state index contributed by atoms with van der Waals surface area (Å²) in [6.45, 7) is 13.9. The molecule has 8 unspecified atom stereocenters.